The van der Waals surface area contributed by atoms with Crippen molar-refractivity contribution in [1.29, 1.82) is 0 Å². The third-order valence-corrected chi connectivity index (χ3v) is 6.37. The van der Waals surface area contributed by atoms with Crippen LogP contribution in [-0.4, -0.2) is 0 Å². The van der Waals surface area contributed by atoms with Crippen LogP contribution in [0.4, 0.5) is 13.2 Å². The van der Waals surface area contributed by atoms with Gasteiger partial charge < -0.3 is 0 Å². The number of hydrogen-bond donors (Lipinski definition) is 0. The Kier molecular flexibility index (Phi) is 6.66. The minimum absolute atomic E-state index is 0.227. The van der Waals surface area contributed by atoms with Gasteiger partial charge in [0, 0.05) is 5.92 Å². The zero-order valence-corrected chi connectivity index (χ0v) is 17.9. The highest BCUT2D eigenvalue weighted by atomic mass is 19.2. The lowest BCUT2D eigenvalue weighted by atomic mass is 9.78. The van der Waals surface area contributed by atoms with E-state index >= 15 is 0 Å². The van der Waals surface area contributed by atoms with Crippen molar-refractivity contribution in [2.75, 3.05) is 0 Å². The molecule has 0 bridgehead atoms. The molecule has 0 spiro atoms. The molecule has 3 aromatic rings. The summed E-state index contributed by atoms with van der Waals surface area (Å²) in [7, 11) is 0. The quantitative estimate of drug-likeness (QED) is 0.376. The molecule has 0 radical (unpaired) electrons. The van der Waals surface area contributed by atoms with Crippen molar-refractivity contribution in [1.82, 2.24) is 0 Å². The van der Waals surface area contributed by atoms with E-state index < -0.39 is 11.6 Å². The third-order valence-electron chi connectivity index (χ3n) is 6.37. The number of fused-ring (bicyclic) bond motifs is 1. The van der Waals surface area contributed by atoms with Crippen LogP contribution in [0.25, 0.3) is 10.8 Å². The predicted octanol–water partition coefficient (Wildman–Crippen LogP) is 7.93. The second-order valence-electron chi connectivity index (χ2n) is 8.61. The fraction of sp³-hybridized carbons (Fsp3) is 0.357. The summed E-state index contributed by atoms with van der Waals surface area (Å²) in [5.41, 5.74) is 2.67. The predicted molar refractivity (Wildman–Crippen MR) is 120 cm³/mol. The second-order valence-corrected chi connectivity index (χ2v) is 8.61. The summed E-state index contributed by atoms with van der Waals surface area (Å²) < 4.78 is 41.4. The maximum absolute atomic E-state index is 14.3. The molecule has 0 saturated heterocycles. The zero-order chi connectivity index (χ0) is 21.8. The van der Waals surface area contributed by atoms with Gasteiger partial charge in [0.15, 0.2) is 11.6 Å². The van der Waals surface area contributed by atoms with E-state index in [9.17, 15) is 13.2 Å². The van der Waals surface area contributed by atoms with E-state index in [0.29, 0.717) is 16.9 Å². The molecule has 0 N–H and O–H groups in total. The molecule has 1 saturated carbocycles. The van der Waals surface area contributed by atoms with Gasteiger partial charge in [0.05, 0.1) is 5.56 Å². The molecule has 0 atom stereocenters. The highest BCUT2D eigenvalue weighted by Crippen LogP contribution is 2.36. The van der Waals surface area contributed by atoms with Crippen molar-refractivity contribution < 1.29 is 13.2 Å². The smallest absolute Gasteiger partial charge is 0.159 e. The Morgan fingerprint density at radius 2 is 1.55 bits per heavy atom. The Morgan fingerprint density at radius 1 is 0.806 bits per heavy atom. The Bertz CT molecular complexity index is 1130. The van der Waals surface area contributed by atoms with Gasteiger partial charge in [-0.2, -0.15) is 0 Å². The average Bonchev–Trinajstić information content (AvgIpc) is 2.78. The van der Waals surface area contributed by atoms with E-state index in [1.54, 1.807) is 12.1 Å². The fourth-order valence-corrected chi connectivity index (χ4v) is 4.46. The molecule has 1 aliphatic rings. The van der Waals surface area contributed by atoms with Gasteiger partial charge in [-0.3, -0.25) is 0 Å². The number of hydrogen-bond acceptors (Lipinski definition) is 0. The van der Waals surface area contributed by atoms with E-state index in [-0.39, 0.29) is 11.7 Å². The molecule has 0 aromatic heterocycles. The summed E-state index contributed by atoms with van der Waals surface area (Å²) in [6.07, 6.45) is 6.98. The summed E-state index contributed by atoms with van der Waals surface area (Å²) in [5.74, 6) is 5.14. The van der Waals surface area contributed by atoms with Gasteiger partial charge in [0.25, 0.3) is 0 Å². The van der Waals surface area contributed by atoms with Crippen LogP contribution < -0.4 is 0 Å². The standard InChI is InChI=1S/C28H27F3/c1-2-3-4-20-8-12-22(26(29)15-20)11-7-19-5-9-21(10-6-19)23-13-14-24-17-27(30)28(31)18-25(24)16-23/h8,12-19,21H,2-6,9-10H2,1H3. The fourth-order valence-electron chi connectivity index (χ4n) is 4.46. The van der Waals surface area contributed by atoms with Gasteiger partial charge >= 0.3 is 0 Å². The monoisotopic (exact) mass is 420 g/mol. The highest BCUT2D eigenvalue weighted by Gasteiger charge is 2.21. The molecule has 3 aromatic carbocycles. The summed E-state index contributed by atoms with van der Waals surface area (Å²) in [5, 5.41) is 1.45. The molecule has 0 heterocycles. The van der Waals surface area contributed by atoms with Crippen molar-refractivity contribution in [2.45, 2.75) is 57.8 Å². The van der Waals surface area contributed by atoms with Gasteiger partial charge in [-0.1, -0.05) is 49.5 Å². The Balaban J connectivity index is 1.39. The van der Waals surface area contributed by atoms with Gasteiger partial charge in [0.2, 0.25) is 0 Å². The van der Waals surface area contributed by atoms with Crippen LogP contribution in [0.15, 0.2) is 48.5 Å². The lowest BCUT2D eigenvalue weighted by Gasteiger charge is -2.26. The van der Waals surface area contributed by atoms with Crippen molar-refractivity contribution in [3.63, 3.8) is 0 Å². The number of benzene rings is 3. The third kappa shape index (κ3) is 5.13. The minimum atomic E-state index is -0.814. The van der Waals surface area contributed by atoms with Crippen molar-refractivity contribution >= 4 is 10.8 Å². The first kappa shape index (κ1) is 21.5. The summed E-state index contributed by atoms with van der Waals surface area (Å²) in [4.78, 5) is 0. The van der Waals surface area contributed by atoms with E-state index in [0.717, 1.165) is 55.9 Å². The molecule has 4 rings (SSSR count). The summed E-state index contributed by atoms with van der Waals surface area (Å²) >= 11 is 0. The molecular weight excluding hydrogens is 393 g/mol. The zero-order valence-electron chi connectivity index (χ0n) is 17.9. The normalized spacial score (nSPS) is 18.6. The first-order valence-corrected chi connectivity index (χ1v) is 11.2. The van der Waals surface area contributed by atoms with Gasteiger partial charge in [-0.05, 0) is 90.6 Å². The molecule has 0 unspecified atom stereocenters. The Morgan fingerprint density at radius 3 is 2.26 bits per heavy atom. The van der Waals surface area contributed by atoms with Crippen LogP contribution in [0.5, 0.6) is 0 Å². The lowest BCUT2D eigenvalue weighted by molar-refractivity contribution is 0.385. The first-order valence-electron chi connectivity index (χ1n) is 11.2. The van der Waals surface area contributed by atoms with Gasteiger partial charge in [0.1, 0.15) is 5.82 Å². The topological polar surface area (TPSA) is 0 Å². The molecule has 31 heavy (non-hydrogen) atoms. The number of aryl methyl sites for hydroxylation is 1. The maximum Gasteiger partial charge on any atom is 0.159 e. The average molecular weight is 421 g/mol. The van der Waals surface area contributed by atoms with Crippen LogP contribution in [-0.2, 0) is 6.42 Å². The minimum Gasteiger partial charge on any atom is -0.206 e. The van der Waals surface area contributed by atoms with Crippen molar-refractivity contribution in [2.24, 2.45) is 5.92 Å². The summed E-state index contributed by atoms with van der Waals surface area (Å²) in [6, 6.07) is 13.8. The maximum atomic E-state index is 14.3. The van der Waals surface area contributed by atoms with Gasteiger partial charge in [-0.15, -0.1) is 0 Å². The molecule has 160 valence electrons. The molecule has 0 aliphatic heterocycles. The van der Waals surface area contributed by atoms with Crippen LogP contribution in [0.3, 0.4) is 0 Å². The van der Waals surface area contributed by atoms with Crippen LogP contribution in [0, 0.1) is 35.2 Å². The Hall–Kier alpha value is -2.73. The van der Waals surface area contributed by atoms with Crippen LogP contribution >= 0.6 is 0 Å². The number of unbranched alkanes of at least 4 members (excludes halogenated alkanes) is 1. The van der Waals surface area contributed by atoms with Crippen molar-refractivity contribution in [3.8, 4) is 11.8 Å². The van der Waals surface area contributed by atoms with E-state index in [2.05, 4.69) is 18.8 Å². The highest BCUT2D eigenvalue weighted by molar-refractivity contribution is 5.83. The summed E-state index contributed by atoms with van der Waals surface area (Å²) in [6.45, 7) is 2.13. The van der Waals surface area contributed by atoms with Crippen LogP contribution in [0.1, 0.15) is 68.1 Å². The van der Waals surface area contributed by atoms with Gasteiger partial charge in [-0.25, -0.2) is 13.2 Å². The Labute approximate surface area is 182 Å². The molecule has 0 nitrogen and oxygen atoms in total. The molecule has 1 aliphatic carbocycles. The molecule has 0 amide bonds. The van der Waals surface area contributed by atoms with E-state index in [1.165, 1.54) is 17.7 Å². The molecule has 1 fully saturated rings. The van der Waals surface area contributed by atoms with Crippen LogP contribution in [0.2, 0.25) is 0 Å². The molecular formula is C28H27F3. The van der Waals surface area contributed by atoms with E-state index in [1.807, 2.05) is 24.3 Å². The van der Waals surface area contributed by atoms with Crippen molar-refractivity contribution in [3.05, 3.63) is 82.7 Å². The van der Waals surface area contributed by atoms with E-state index in [4.69, 9.17) is 0 Å². The second kappa shape index (κ2) is 9.60. The molecule has 3 heteroatoms. The SMILES string of the molecule is CCCCc1ccc(C#CC2CCC(c3ccc4cc(F)c(F)cc4c3)CC2)c(F)c1. The first-order chi connectivity index (χ1) is 15.0. The number of halogens is 3. The largest absolute Gasteiger partial charge is 0.206 e. The number of rotatable bonds is 4. The lowest BCUT2D eigenvalue weighted by Crippen LogP contribution is -2.12.